The fraction of sp³-hybridized carbons (Fsp3) is 1.00. The number of likely N-dealkylation sites (N-methyl/N-ethyl adjacent to an activating group) is 1. The third kappa shape index (κ3) is 3.73. The normalized spacial score (nSPS) is 20.2. The van der Waals surface area contributed by atoms with Gasteiger partial charge in [-0.3, -0.25) is 0 Å². The minimum Gasteiger partial charge on any atom is -0.316 e. The summed E-state index contributed by atoms with van der Waals surface area (Å²) < 4.78 is 0. The molecule has 0 heterocycles. The van der Waals surface area contributed by atoms with Gasteiger partial charge in [0.25, 0.3) is 0 Å². The molecule has 11 heavy (non-hydrogen) atoms. The van der Waals surface area contributed by atoms with Crippen molar-refractivity contribution in [1.29, 1.82) is 0 Å². The molecule has 2 nitrogen and oxygen atoms in total. The molecule has 1 aliphatic carbocycles. The van der Waals surface area contributed by atoms with E-state index in [-0.39, 0.29) is 0 Å². The molecule has 0 aromatic rings. The van der Waals surface area contributed by atoms with Crippen molar-refractivity contribution in [2.75, 3.05) is 20.1 Å². The molecule has 66 valence electrons. The molecular weight excluding hydrogens is 136 g/mol. The molecule has 0 spiro atoms. The van der Waals surface area contributed by atoms with E-state index < -0.39 is 0 Å². The summed E-state index contributed by atoms with van der Waals surface area (Å²) >= 11 is 0. The molecule has 0 saturated heterocycles. The highest BCUT2D eigenvalue weighted by Crippen LogP contribution is 2.27. The molecule has 0 amide bonds. The van der Waals surface area contributed by atoms with Crippen LogP contribution < -0.4 is 10.6 Å². The molecule has 1 unspecified atom stereocenters. The van der Waals surface area contributed by atoms with E-state index >= 15 is 0 Å². The second-order valence-corrected chi connectivity index (χ2v) is 3.50. The SMILES string of the molecule is CCC(CNCC1CC1)NC. The van der Waals surface area contributed by atoms with Gasteiger partial charge in [0.1, 0.15) is 0 Å². The minimum absolute atomic E-state index is 0.661. The first kappa shape index (κ1) is 9.01. The van der Waals surface area contributed by atoms with Crippen LogP contribution in [0.2, 0.25) is 0 Å². The second-order valence-electron chi connectivity index (χ2n) is 3.50. The Bertz CT molecular complexity index is 95.7. The van der Waals surface area contributed by atoms with Crippen molar-refractivity contribution in [3.63, 3.8) is 0 Å². The highest BCUT2D eigenvalue weighted by molar-refractivity contribution is 4.76. The van der Waals surface area contributed by atoms with Gasteiger partial charge in [-0.15, -0.1) is 0 Å². The number of hydrogen-bond donors (Lipinski definition) is 2. The quantitative estimate of drug-likeness (QED) is 0.599. The van der Waals surface area contributed by atoms with Crippen molar-refractivity contribution in [2.24, 2.45) is 5.92 Å². The van der Waals surface area contributed by atoms with Crippen LogP contribution in [0.4, 0.5) is 0 Å². The zero-order chi connectivity index (χ0) is 8.10. The molecule has 1 rings (SSSR count). The largest absolute Gasteiger partial charge is 0.316 e. The van der Waals surface area contributed by atoms with Crippen LogP contribution in [-0.4, -0.2) is 26.2 Å². The van der Waals surface area contributed by atoms with Crippen molar-refractivity contribution in [1.82, 2.24) is 10.6 Å². The van der Waals surface area contributed by atoms with Gasteiger partial charge < -0.3 is 10.6 Å². The molecule has 0 aromatic carbocycles. The van der Waals surface area contributed by atoms with Crippen molar-refractivity contribution in [3.05, 3.63) is 0 Å². The average molecular weight is 156 g/mol. The summed E-state index contributed by atoms with van der Waals surface area (Å²) in [5.41, 5.74) is 0. The summed E-state index contributed by atoms with van der Waals surface area (Å²) in [6.07, 6.45) is 4.11. The molecule has 2 heteroatoms. The van der Waals surface area contributed by atoms with E-state index in [4.69, 9.17) is 0 Å². The topological polar surface area (TPSA) is 24.1 Å². The van der Waals surface area contributed by atoms with E-state index in [0.717, 1.165) is 12.5 Å². The maximum Gasteiger partial charge on any atom is 0.0186 e. The smallest absolute Gasteiger partial charge is 0.0186 e. The van der Waals surface area contributed by atoms with Crippen LogP contribution in [0.5, 0.6) is 0 Å². The van der Waals surface area contributed by atoms with E-state index in [1.807, 2.05) is 7.05 Å². The van der Waals surface area contributed by atoms with Crippen LogP contribution in [0.1, 0.15) is 26.2 Å². The van der Waals surface area contributed by atoms with Gasteiger partial charge >= 0.3 is 0 Å². The van der Waals surface area contributed by atoms with Crippen molar-refractivity contribution >= 4 is 0 Å². The lowest BCUT2D eigenvalue weighted by Crippen LogP contribution is -2.36. The Hall–Kier alpha value is -0.0800. The fourth-order valence-corrected chi connectivity index (χ4v) is 1.23. The Morgan fingerprint density at radius 1 is 1.45 bits per heavy atom. The Morgan fingerprint density at radius 3 is 2.64 bits per heavy atom. The highest BCUT2D eigenvalue weighted by Gasteiger charge is 2.20. The molecule has 1 fully saturated rings. The molecular formula is C9H20N2. The summed E-state index contributed by atoms with van der Waals surface area (Å²) in [4.78, 5) is 0. The van der Waals surface area contributed by atoms with Gasteiger partial charge in [0.15, 0.2) is 0 Å². The molecule has 1 aliphatic rings. The van der Waals surface area contributed by atoms with Crippen LogP contribution in [0.25, 0.3) is 0 Å². The van der Waals surface area contributed by atoms with E-state index in [9.17, 15) is 0 Å². The van der Waals surface area contributed by atoms with Crippen LogP contribution >= 0.6 is 0 Å². The van der Waals surface area contributed by atoms with Gasteiger partial charge in [-0.25, -0.2) is 0 Å². The number of nitrogens with one attached hydrogen (secondary N) is 2. The maximum absolute atomic E-state index is 3.49. The molecule has 0 radical (unpaired) electrons. The maximum atomic E-state index is 3.49. The third-order valence-electron chi connectivity index (χ3n) is 2.42. The van der Waals surface area contributed by atoms with Crippen molar-refractivity contribution in [3.8, 4) is 0 Å². The van der Waals surface area contributed by atoms with Gasteiger partial charge in [-0.05, 0) is 38.8 Å². The van der Waals surface area contributed by atoms with Gasteiger partial charge in [-0.1, -0.05) is 6.92 Å². The molecule has 0 bridgehead atoms. The third-order valence-corrected chi connectivity index (χ3v) is 2.42. The predicted molar refractivity (Wildman–Crippen MR) is 48.7 cm³/mol. The van der Waals surface area contributed by atoms with Crippen molar-refractivity contribution < 1.29 is 0 Å². The monoisotopic (exact) mass is 156 g/mol. The molecule has 0 aliphatic heterocycles. The Kier molecular flexibility index (Phi) is 3.87. The van der Waals surface area contributed by atoms with Crippen LogP contribution in [-0.2, 0) is 0 Å². The summed E-state index contributed by atoms with van der Waals surface area (Å²) in [5, 5.41) is 6.77. The van der Waals surface area contributed by atoms with Crippen LogP contribution in [0.3, 0.4) is 0 Å². The number of hydrogen-bond acceptors (Lipinski definition) is 2. The lowest BCUT2D eigenvalue weighted by molar-refractivity contribution is 0.488. The molecule has 1 atom stereocenters. The van der Waals surface area contributed by atoms with E-state index in [2.05, 4.69) is 17.6 Å². The Labute approximate surface area is 69.8 Å². The second kappa shape index (κ2) is 4.73. The summed E-state index contributed by atoms with van der Waals surface area (Å²) in [5.74, 6) is 1.00. The zero-order valence-electron chi connectivity index (χ0n) is 7.69. The minimum atomic E-state index is 0.661. The van der Waals surface area contributed by atoms with Crippen LogP contribution in [0, 0.1) is 5.92 Å². The van der Waals surface area contributed by atoms with Gasteiger partial charge in [-0.2, -0.15) is 0 Å². The lowest BCUT2D eigenvalue weighted by Gasteiger charge is -2.13. The molecule has 2 N–H and O–H groups in total. The van der Waals surface area contributed by atoms with E-state index in [1.54, 1.807) is 0 Å². The van der Waals surface area contributed by atoms with Crippen LogP contribution in [0.15, 0.2) is 0 Å². The first-order chi connectivity index (χ1) is 5.36. The predicted octanol–water partition coefficient (Wildman–Crippen LogP) is 0.984. The highest BCUT2D eigenvalue weighted by atomic mass is 15.0. The first-order valence-corrected chi connectivity index (χ1v) is 4.74. The van der Waals surface area contributed by atoms with E-state index in [0.29, 0.717) is 6.04 Å². The summed E-state index contributed by atoms with van der Waals surface area (Å²) in [6.45, 7) is 4.58. The fourth-order valence-electron chi connectivity index (χ4n) is 1.23. The van der Waals surface area contributed by atoms with Gasteiger partial charge in [0.05, 0.1) is 0 Å². The van der Waals surface area contributed by atoms with Gasteiger partial charge in [0, 0.05) is 12.6 Å². The Morgan fingerprint density at radius 2 is 2.18 bits per heavy atom. The first-order valence-electron chi connectivity index (χ1n) is 4.74. The standard InChI is InChI=1S/C9H20N2/c1-3-9(10-2)7-11-6-8-4-5-8/h8-11H,3-7H2,1-2H3. The number of rotatable bonds is 6. The van der Waals surface area contributed by atoms with Gasteiger partial charge in [0.2, 0.25) is 0 Å². The van der Waals surface area contributed by atoms with Crippen molar-refractivity contribution in [2.45, 2.75) is 32.2 Å². The van der Waals surface area contributed by atoms with E-state index in [1.165, 1.54) is 25.8 Å². The molecule has 0 aromatic heterocycles. The zero-order valence-corrected chi connectivity index (χ0v) is 7.69. The summed E-state index contributed by atoms with van der Waals surface area (Å²) in [7, 11) is 2.03. The Balaban J connectivity index is 1.90. The molecule has 1 saturated carbocycles. The lowest BCUT2D eigenvalue weighted by atomic mass is 10.2. The summed E-state index contributed by atoms with van der Waals surface area (Å²) in [6, 6.07) is 0.661. The average Bonchev–Trinajstić information content (AvgIpc) is 2.82.